The minimum absolute atomic E-state index is 0.212. The van der Waals surface area contributed by atoms with Gasteiger partial charge in [0.05, 0.1) is 5.52 Å². The third-order valence-corrected chi connectivity index (χ3v) is 3.46. The fraction of sp³-hybridized carbons (Fsp3) is 0.118. The summed E-state index contributed by atoms with van der Waals surface area (Å²) >= 11 is 0. The first-order valence-corrected chi connectivity index (χ1v) is 6.58. The largest absolute Gasteiger partial charge is 0.324 e. The molecule has 2 N–H and O–H groups in total. The van der Waals surface area contributed by atoms with Crippen molar-refractivity contribution in [3.63, 3.8) is 0 Å². The quantitative estimate of drug-likeness (QED) is 0.786. The Kier molecular flexibility index (Phi) is 3.44. The highest BCUT2D eigenvalue weighted by atomic mass is 19.1. The van der Waals surface area contributed by atoms with E-state index in [1.807, 2.05) is 36.4 Å². The monoisotopic (exact) mass is 266 g/mol. The molecule has 0 saturated carbocycles. The molecule has 0 aliphatic carbocycles. The van der Waals surface area contributed by atoms with Gasteiger partial charge in [0.25, 0.3) is 0 Å². The van der Waals surface area contributed by atoms with E-state index >= 15 is 0 Å². The lowest BCUT2D eigenvalue weighted by Gasteiger charge is -2.14. The second kappa shape index (κ2) is 5.39. The van der Waals surface area contributed by atoms with Gasteiger partial charge in [0.15, 0.2) is 0 Å². The highest BCUT2D eigenvalue weighted by Crippen LogP contribution is 2.24. The van der Waals surface area contributed by atoms with Crippen molar-refractivity contribution in [1.82, 2.24) is 4.98 Å². The van der Waals surface area contributed by atoms with E-state index in [0.717, 1.165) is 16.5 Å². The first-order valence-electron chi connectivity index (χ1n) is 6.58. The van der Waals surface area contributed by atoms with E-state index in [0.29, 0.717) is 12.0 Å². The zero-order valence-electron chi connectivity index (χ0n) is 11.0. The molecule has 1 unspecified atom stereocenters. The van der Waals surface area contributed by atoms with E-state index < -0.39 is 0 Å². The molecular formula is C17H15FN2. The van der Waals surface area contributed by atoms with Gasteiger partial charge in [0.2, 0.25) is 0 Å². The Bertz CT molecular complexity index is 734. The standard InChI is InChI=1S/C17H15FN2/c18-15-9-2-1-5-13(15)11-16(19)14-8-3-6-12-7-4-10-20-17(12)14/h1-10,16H,11,19H2. The van der Waals surface area contributed by atoms with Crippen LogP contribution in [0.25, 0.3) is 10.9 Å². The normalized spacial score (nSPS) is 12.5. The Hall–Kier alpha value is -2.26. The molecule has 0 spiro atoms. The number of hydrogen-bond donors (Lipinski definition) is 1. The van der Waals surface area contributed by atoms with Gasteiger partial charge in [0, 0.05) is 17.6 Å². The van der Waals surface area contributed by atoms with E-state index in [-0.39, 0.29) is 11.9 Å². The topological polar surface area (TPSA) is 38.9 Å². The van der Waals surface area contributed by atoms with Gasteiger partial charge in [-0.2, -0.15) is 0 Å². The van der Waals surface area contributed by atoms with Gasteiger partial charge in [-0.05, 0) is 29.7 Å². The lowest BCUT2D eigenvalue weighted by molar-refractivity contribution is 0.594. The molecule has 3 rings (SSSR count). The molecule has 0 bridgehead atoms. The van der Waals surface area contributed by atoms with Crippen molar-refractivity contribution in [1.29, 1.82) is 0 Å². The molecule has 2 aromatic carbocycles. The third kappa shape index (κ3) is 2.40. The molecule has 1 aromatic heterocycles. The summed E-state index contributed by atoms with van der Waals surface area (Å²) in [6, 6.07) is 16.3. The Labute approximate surface area is 117 Å². The molecule has 0 aliphatic rings. The molecule has 2 nitrogen and oxygen atoms in total. The average molecular weight is 266 g/mol. The predicted octanol–water partition coefficient (Wildman–Crippen LogP) is 3.62. The van der Waals surface area contributed by atoms with E-state index in [4.69, 9.17) is 5.73 Å². The fourth-order valence-corrected chi connectivity index (χ4v) is 2.44. The highest BCUT2D eigenvalue weighted by Gasteiger charge is 2.13. The van der Waals surface area contributed by atoms with E-state index in [9.17, 15) is 4.39 Å². The van der Waals surface area contributed by atoms with Crippen LogP contribution >= 0.6 is 0 Å². The van der Waals surface area contributed by atoms with Gasteiger partial charge in [0.1, 0.15) is 5.82 Å². The van der Waals surface area contributed by atoms with Crippen LogP contribution in [0.1, 0.15) is 17.2 Å². The van der Waals surface area contributed by atoms with Crippen molar-refractivity contribution < 1.29 is 4.39 Å². The minimum atomic E-state index is -0.273. The molecule has 20 heavy (non-hydrogen) atoms. The number of hydrogen-bond acceptors (Lipinski definition) is 2. The van der Waals surface area contributed by atoms with Gasteiger partial charge in [-0.15, -0.1) is 0 Å². The fourth-order valence-electron chi connectivity index (χ4n) is 2.44. The maximum Gasteiger partial charge on any atom is 0.126 e. The summed E-state index contributed by atoms with van der Waals surface area (Å²) in [7, 11) is 0. The highest BCUT2D eigenvalue weighted by molar-refractivity contribution is 5.82. The average Bonchev–Trinajstić information content (AvgIpc) is 2.49. The summed E-state index contributed by atoms with van der Waals surface area (Å²) < 4.78 is 13.7. The van der Waals surface area contributed by atoms with Crippen LogP contribution in [0.4, 0.5) is 4.39 Å². The van der Waals surface area contributed by atoms with Crippen molar-refractivity contribution in [3.8, 4) is 0 Å². The summed E-state index contributed by atoms with van der Waals surface area (Å²) in [4.78, 5) is 4.39. The number of benzene rings is 2. The number of pyridine rings is 1. The first kappa shape index (κ1) is 12.8. The first-order chi connectivity index (χ1) is 9.75. The van der Waals surface area contributed by atoms with Crippen molar-refractivity contribution >= 4 is 10.9 Å². The number of fused-ring (bicyclic) bond motifs is 1. The molecular weight excluding hydrogens is 251 g/mol. The van der Waals surface area contributed by atoms with Gasteiger partial charge in [-0.1, -0.05) is 42.5 Å². The second-order valence-corrected chi connectivity index (χ2v) is 4.82. The third-order valence-electron chi connectivity index (χ3n) is 3.46. The smallest absolute Gasteiger partial charge is 0.126 e. The molecule has 0 saturated heterocycles. The van der Waals surface area contributed by atoms with Gasteiger partial charge >= 0.3 is 0 Å². The van der Waals surface area contributed by atoms with Crippen molar-refractivity contribution in [3.05, 3.63) is 77.7 Å². The minimum Gasteiger partial charge on any atom is -0.324 e. The van der Waals surface area contributed by atoms with Crippen molar-refractivity contribution in [2.45, 2.75) is 12.5 Å². The number of para-hydroxylation sites is 1. The van der Waals surface area contributed by atoms with Crippen LogP contribution in [0, 0.1) is 5.82 Å². The number of aromatic nitrogens is 1. The molecule has 0 amide bonds. The van der Waals surface area contributed by atoms with Crippen LogP contribution < -0.4 is 5.73 Å². The van der Waals surface area contributed by atoms with Crippen molar-refractivity contribution in [2.75, 3.05) is 0 Å². The number of rotatable bonds is 3. The van der Waals surface area contributed by atoms with E-state index in [1.165, 1.54) is 6.07 Å². The predicted molar refractivity (Wildman–Crippen MR) is 78.8 cm³/mol. The Morgan fingerprint density at radius 1 is 1.00 bits per heavy atom. The Morgan fingerprint density at radius 2 is 1.80 bits per heavy atom. The summed E-state index contributed by atoms with van der Waals surface area (Å²) in [5.74, 6) is -0.212. The Balaban J connectivity index is 1.97. The number of nitrogens with zero attached hydrogens (tertiary/aromatic N) is 1. The zero-order valence-corrected chi connectivity index (χ0v) is 11.0. The van der Waals surface area contributed by atoms with Crippen LogP contribution in [0.5, 0.6) is 0 Å². The molecule has 0 aliphatic heterocycles. The summed E-state index contributed by atoms with van der Waals surface area (Å²) in [5.41, 5.74) is 8.73. The van der Waals surface area contributed by atoms with E-state index in [2.05, 4.69) is 4.98 Å². The van der Waals surface area contributed by atoms with Crippen LogP contribution in [-0.2, 0) is 6.42 Å². The lowest BCUT2D eigenvalue weighted by atomic mass is 9.97. The van der Waals surface area contributed by atoms with Crippen LogP contribution in [0.3, 0.4) is 0 Å². The van der Waals surface area contributed by atoms with Crippen LogP contribution in [0.2, 0.25) is 0 Å². The zero-order chi connectivity index (χ0) is 13.9. The molecule has 3 aromatic rings. The second-order valence-electron chi connectivity index (χ2n) is 4.82. The van der Waals surface area contributed by atoms with Gasteiger partial charge in [-0.3, -0.25) is 4.98 Å². The SMILES string of the molecule is NC(Cc1ccccc1F)c1cccc2cccnc12. The van der Waals surface area contributed by atoms with Crippen molar-refractivity contribution in [2.24, 2.45) is 5.73 Å². The van der Waals surface area contributed by atoms with E-state index in [1.54, 1.807) is 18.3 Å². The van der Waals surface area contributed by atoms with Crippen LogP contribution in [-0.4, -0.2) is 4.98 Å². The summed E-state index contributed by atoms with van der Waals surface area (Å²) in [6.07, 6.45) is 2.21. The van der Waals surface area contributed by atoms with Crippen LogP contribution in [0.15, 0.2) is 60.8 Å². The Morgan fingerprint density at radius 3 is 2.65 bits per heavy atom. The lowest BCUT2D eigenvalue weighted by Crippen LogP contribution is -2.15. The molecule has 100 valence electrons. The molecule has 1 atom stereocenters. The summed E-state index contributed by atoms with van der Waals surface area (Å²) in [5, 5.41) is 1.05. The van der Waals surface area contributed by atoms with Gasteiger partial charge < -0.3 is 5.73 Å². The summed E-state index contributed by atoms with van der Waals surface area (Å²) in [6.45, 7) is 0. The molecule has 1 heterocycles. The molecule has 0 fully saturated rings. The molecule has 0 radical (unpaired) electrons. The number of nitrogens with two attached hydrogens (primary N) is 1. The maximum absolute atomic E-state index is 13.7. The number of halogens is 1. The van der Waals surface area contributed by atoms with Gasteiger partial charge in [-0.25, -0.2) is 4.39 Å². The molecule has 3 heteroatoms. The maximum atomic E-state index is 13.7.